The molecule has 66 valence electrons. The Labute approximate surface area is 72.7 Å². The maximum absolute atomic E-state index is 11.2. The Morgan fingerprint density at radius 2 is 2.23 bits per heavy atom. The molecule has 13 heavy (non-hydrogen) atoms. The molecule has 0 atom stereocenters. The Kier molecular flexibility index (Phi) is 1.51. The van der Waals surface area contributed by atoms with Crippen molar-refractivity contribution in [2.75, 3.05) is 0 Å². The minimum atomic E-state index is -0.413. The van der Waals surface area contributed by atoms with Gasteiger partial charge in [0.25, 0.3) is 5.56 Å². The third-order valence-electron chi connectivity index (χ3n) is 1.93. The summed E-state index contributed by atoms with van der Waals surface area (Å²) in [7, 11) is 1.60. The topological polar surface area (TPSA) is 67.8 Å². The summed E-state index contributed by atoms with van der Waals surface area (Å²) in [5, 5.41) is 0.421. The van der Waals surface area contributed by atoms with Crippen molar-refractivity contribution in [3.05, 3.63) is 39.3 Å². The Balaban J connectivity index is 3.15. The molecule has 0 aliphatic heterocycles. The fourth-order valence-electron chi connectivity index (χ4n) is 1.21. The second kappa shape index (κ2) is 2.55. The molecule has 0 aromatic carbocycles. The van der Waals surface area contributed by atoms with Crippen LogP contribution in [0.15, 0.2) is 28.0 Å². The molecule has 0 aliphatic rings. The smallest absolute Gasteiger partial charge is 0.296 e. The van der Waals surface area contributed by atoms with Crippen LogP contribution in [0.5, 0.6) is 0 Å². The van der Waals surface area contributed by atoms with Crippen LogP contribution in [-0.2, 0) is 7.05 Å². The molecule has 0 spiro atoms. The number of H-pyrrole nitrogens is 1. The van der Waals surface area contributed by atoms with Gasteiger partial charge in [0, 0.05) is 19.4 Å². The van der Waals surface area contributed by atoms with Gasteiger partial charge in [-0.25, -0.2) is 4.79 Å². The first-order valence-corrected chi connectivity index (χ1v) is 3.73. The Hall–Kier alpha value is -1.91. The number of nitrogens with one attached hydrogen (secondary N) is 1. The molecule has 0 radical (unpaired) electrons. The molecule has 2 heterocycles. The lowest BCUT2D eigenvalue weighted by atomic mass is 10.3. The normalized spacial score (nSPS) is 10.5. The summed E-state index contributed by atoms with van der Waals surface area (Å²) in [6.45, 7) is 0. The Bertz CT molecular complexity index is 567. The number of hydrogen-bond acceptors (Lipinski definition) is 3. The van der Waals surface area contributed by atoms with E-state index in [0.29, 0.717) is 10.9 Å². The number of hydrogen-bond donors (Lipinski definition) is 1. The van der Waals surface area contributed by atoms with Gasteiger partial charge < -0.3 is 0 Å². The van der Waals surface area contributed by atoms with E-state index in [4.69, 9.17) is 0 Å². The molecule has 0 unspecified atom stereocenters. The molecule has 2 rings (SSSR count). The predicted octanol–water partition coefficient (Wildman–Crippen LogP) is -0.378. The number of pyridine rings is 1. The van der Waals surface area contributed by atoms with Crippen molar-refractivity contribution < 1.29 is 0 Å². The van der Waals surface area contributed by atoms with Crippen LogP contribution < -0.4 is 11.2 Å². The van der Waals surface area contributed by atoms with Crippen LogP contribution in [0.1, 0.15) is 0 Å². The highest BCUT2D eigenvalue weighted by molar-refractivity contribution is 5.76. The first kappa shape index (κ1) is 7.72. The summed E-state index contributed by atoms with van der Waals surface area (Å²) < 4.78 is 1.37. The van der Waals surface area contributed by atoms with Crippen LogP contribution in [0.3, 0.4) is 0 Å². The van der Waals surface area contributed by atoms with Crippen molar-refractivity contribution in [3.8, 4) is 0 Å². The molecule has 0 saturated carbocycles. The van der Waals surface area contributed by atoms with Gasteiger partial charge in [-0.3, -0.25) is 19.3 Å². The summed E-state index contributed by atoms with van der Waals surface area (Å²) in [5.74, 6) is 0. The number of rotatable bonds is 0. The number of aromatic amines is 1. The van der Waals surface area contributed by atoms with Crippen LogP contribution in [0.25, 0.3) is 10.9 Å². The van der Waals surface area contributed by atoms with Crippen LogP contribution in [-0.4, -0.2) is 14.5 Å². The van der Waals surface area contributed by atoms with Gasteiger partial charge in [-0.15, -0.1) is 0 Å². The van der Waals surface area contributed by atoms with Crippen molar-refractivity contribution in [2.24, 2.45) is 7.05 Å². The van der Waals surface area contributed by atoms with E-state index in [9.17, 15) is 9.59 Å². The van der Waals surface area contributed by atoms with Gasteiger partial charge in [0.2, 0.25) is 0 Å². The monoisotopic (exact) mass is 177 g/mol. The molecule has 1 N–H and O–H groups in total. The van der Waals surface area contributed by atoms with Gasteiger partial charge in [-0.05, 0) is 6.07 Å². The summed E-state index contributed by atoms with van der Waals surface area (Å²) in [6, 6.07) is 1.63. The number of fused-ring (bicyclic) bond motifs is 1. The minimum absolute atomic E-state index is 0.397. The lowest BCUT2D eigenvalue weighted by Gasteiger charge is -2.00. The van der Waals surface area contributed by atoms with Crippen LogP contribution in [0, 0.1) is 0 Å². The quantitative estimate of drug-likeness (QED) is 0.596. The fourth-order valence-corrected chi connectivity index (χ4v) is 1.21. The highest BCUT2D eigenvalue weighted by Gasteiger charge is 2.02. The van der Waals surface area contributed by atoms with E-state index in [1.165, 1.54) is 10.8 Å². The maximum Gasteiger partial charge on any atom is 0.328 e. The van der Waals surface area contributed by atoms with E-state index < -0.39 is 11.2 Å². The molecular formula is C8H7N3O2. The summed E-state index contributed by atoms with van der Waals surface area (Å²) in [6.07, 6.45) is 2.98. The van der Waals surface area contributed by atoms with Crippen LogP contribution >= 0.6 is 0 Å². The molecule has 2 aromatic heterocycles. The SMILES string of the molecule is Cn1c(=O)[nH]c(=O)c2cnccc21. The predicted molar refractivity (Wildman–Crippen MR) is 47.6 cm³/mol. The van der Waals surface area contributed by atoms with Gasteiger partial charge in [-0.2, -0.15) is 0 Å². The summed E-state index contributed by atoms with van der Waals surface area (Å²) >= 11 is 0. The van der Waals surface area contributed by atoms with Gasteiger partial charge in [0.1, 0.15) is 0 Å². The standard InChI is InChI=1S/C8H7N3O2/c1-11-6-2-3-9-4-5(6)7(12)10-8(11)13/h2-4H,1H3,(H,10,12,13). The molecule has 0 saturated heterocycles. The van der Waals surface area contributed by atoms with Crippen molar-refractivity contribution in [3.63, 3.8) is 0 Å². The van der Waals surface area contributed by atoms with E-state index >= 15 is 0 Å². The first-order valence-electron chi connectivity index (χ1n) is 3.73. The van der Waals surface area contributed by atoms with E-state index in [1.807, 2.05) is 0 Å². The van der Waals surface area contributed by atoms with Crippen LogP contribution in [0.4, 0.5) is 0 Å². The maximum atomic E-state index is 11.2. The highest BCUT2D eigenvalue weighted by Crippen LogP contribution is 2.01. The molecular weight excluding hydrogens is 170 g/mol. The average molecular weight is 177 g/mol. The molecule has 2 aromatic rings. The second-order valence-corrected chi connectivity index (χ2v) is 2.71. The van der Waals surface area contributed by atoms with Gasteiger partial charge in [0.15, 0.2) is 0 Å². The Morgan fingerprint density at radius 1 is 1.46 bits per heavy atom. The van der Waals surface area contributed by atoms with Crippen molar-refractivity contribution >= 4 is 10.9 Å². The van der Waals surface area contributed by atoms with E-state index in [1.54, 1.807) is 19.3 Å². The molecule has 0 fully saturated rings. The minimum Gasteiger partial charge on any atom is -0.296 e. The Morgan fingerprint density at radius 3 is 3.00 bits per heavy atom. The van der Waals surface area contributed by atoms with Crippen molar-refractivity contribution in [1.29, 1.82) is 0 Å². The third-order valence-corrected chi connectivity index (χ3v) is 1.93. The summed E-state index contributed by atoms with van der Waals surface area (Å²) in [4.78, 5) is 28.4. The molecule has 5 heteroatoms. The average Bonchev–Trinajstić information content (AvgIpc) is 2.15. The number of nitrogens with zero attached hydrogens (tertiary/aromatic N) is 2. The summed E-state index contributed by atoms with van der Waals surface area (Å²) in [5.41, 5.74) is -0.223. The van der Waals surface area contributed by atoms with E-state index in [0.717, 1.165) is 0 Å². The number of aromatic nitrogens is 3. The highest BCUT2D eigenvalue weighted by atomic mass is 16.2. The molecule has 0 bridgehead atoms. The fraction of sp³-hybridized carbons (Fsp3) is 0.125. The van der Waals surface area contributed by atoms with Crippen molar-refractivity contribution in [2.45, 2.75) is 0 Å². The molecule has 0 aliphatic carbocycles. The second-order valence-electron chi connectivity index (χ2n) is 2.71. The largest absolute Gasteiger partial charge is 0.328 e. The van der Waals surface area contributed by atoms with Crippen molar-refractivity contribution in [1.82, 2.24) is 14.5 Å². The van der Waals surface area contributed by atoms with Gasteiger partial charge >= 0.3 is 5.69 Å². The first-order chi connectivity index (χ1) is 6.20. The third kappa shape index (κ3) is 1.05. The van der Waals surface area contributed by atoms with Crippen LogP contribution in [0.2, 0.25) is 0 Å². The van der Waals surface area contributed by atoms with E-state index in [-0.39, 0.29) is 0 Å². The lowest BCUT2D eigenvalue weighted by Crippen LogP contribution is -2.28. The molecule has 5 nitrogen and oxygen atoms in total. The zero-order valence-corrected chi connectivity index (χ0v) is 6.94. The van der Waals surface area contributed by atoms with Gasteiger partial charge in [-0.1, -0.05) is 0 Å². The lowest BCUT2D eigenvalue weighted by molar-refractivity contribution is 0.841. The van der Waals surface area contributed by atoms with Gasteiger partial charge in [0.05, 0.1) is 10.9 Å². The number of aryl methyl sites for hydroxylation is 1. The molecule has 0 amide bonds. The van der Waals surface area contributed by atoms with E-state index in [2.05, 4.69) is 9.97 Å². The zero-order valence-electron chi connectivity index (χ0n) is 6.94. The zero-order chi connectivity index (χ0) is 9.42.